The zero-order chi connectivity index (χ0) is 20.4. The largest absolute Gasteiger partial charge is 0.288 e. The summed E-state index contributed by atoms with van der Waals surface area (Å²) >= 11 is 15.3. The Kier molecular flexibility index (Phi) is 5.65. The Morgan fingerprint density at radius 3 is 2.72 bits per heavy atom. The Balaban J connectivity index is 1.38. The molecule has 0 aliphatic heterocycles. The molecule has 4 aromatic rings. The lowest BCUT2D eigenvalue weighted by Gasteiger charge is -2.03. The number of anilines is 1. The SMILES string of the molecule is O=C(Nc1ncn(Cc2ccc(Cl)c(Cl)c2)n1)c1ccn(Cn2cc(Br)cn2)n1. The molecule has 0 unspecified atom stereocenters. The third-order valence-electron chi connectivity index (χ3n) is 3.86. The van der Waals surface area contributed by atoms with Gasteiger partial charge in [0.05, 0.1) is 27.3 Å². The van der Waals surface area contributed by atoms with Gasteiger partial charge in [-0.2, -0.15) is 10.2 Å². The minimum absolute atomic E-state index is 0.181. The Morgan fingerprint density at radius 2 is 1.97 bits per heavy atom. The molecule has 0 aliphatic rings. The van der Waals surface area contributed by atoms with Crippen LogP contribution in [0.15, 0.2) is 53.7 Å². The van der Waals surface area contributed by atoms with Crippen LogP contribution in [0.25, 0.3) is 0 Å². The Hall–Kier alpha value is -2.69. The third kappa shape index (κ3) is 4.84. The third-order valence-corrected chi connectivity index (χ3v) is 5.00. The lowest BCUT2D eigenvalue weighted by Crippen LogP contribution is -2.16. The number of hydrogen-bond acceptors (Lipinski definition) is 5. The molecule has 148 valence electrons. The van der Waals surface area contributed by atoms with Crippen LogP contribution in [0, 0.1) is 0 Å². The van der Waals surface area contributed by atoms with Crippen LogP contribution in [0.2, 0.25) is 10.0 Å². The molecule has 0 aliphatic carbocycles. The molecule has 0 radical (unpaired) electrons. The van der Waals surface area contributed by atoms with Gasteiger partial charge in [-0.3, -0.25) is 14.8 Å². The van der Waals surface area contributed by atoms with Crippen LogP contribution in [0.5, 0.6) is 0 Å². The minimum Gasteiger partial charge on any atom is -0.288 e. The summed E-state index contributed by atoms with van der Waals surface area (Å²) in [4.78, 5) is 16.5. The van der Waals surface area contributed by atoms with Crippen molar-refractivity contribution in [2.24, 2.45) is 0 Å². The van der Waals surface area contributed by atoms with E-state index in [-0.39, 0.29) is 11.6 Å². The summed E-state index contributed by atoms with van der Waals surface area (Å²) in [6.07, 6.45) is 6.70. The standard InChI is InChI=1S/C17H13BrCl2N8O/c18-12-6-22-28(8-12)10-26-4-3-15(24-26)16(29)23-17-21-9-27(25-17)7-11-1-2-13(19)14(20)5-11/h1-6,8-9H,7,10H2,(H,23,25,29). The molecule has 1 aromatic carbocycles. The van der Waals surface area contributed by atoms with Crippen LogP contribution in [0.4, 0.5) is 5.95 Å². The molecule has 12 heteroatoms. The maximum Gasteiger partial charge on any atom is 0.278 e. The van der Waals surface area contributed by atoms with E-state index in [1.54, 1.807) is 44.6 Å². The number of hydrogen-bond donors (Lipinski definition) is 1. The first-order chi connectivity index (χ1) is 14.0. The molecule has 0 spiro atoms. The van der Waals surface area contributed by atoms with E-state index in [0.717, 1.165) is 10.0 Å². The second-order valence-corrected chi connectivity index (χ2v) is 7.78. The molecule has 3 heterocycles. The second-order valence-electron chi connectivity index (χ2n) is 6.05. The van der Waals surface area contributed by atoms with Crippen molar-refractivity contribution in [3.63, 3.8) is 0 Å². The van der Waals surface area contributed by atoms with Crippen LogP contribution in [-0.2, 0) is 13.2 Å². The smallest absolute Gasteiger partial charge is 0.278 e. The number of nitrogens with zero attached hydrogens (tertiary/aromatic N) is 7. The van der Waals surface area contributed by atoms with Gasteiger partial charge in [0.15, 0.2) is 5.69 Å². The Morgan fingerprint density at radius 1 is 1.10 bits per heavy atom. The highest BCUT2D eigenvalue weighted by Crippen LogP contribution is 2.22. The fourth-order valence-corrected chi connectivity index (χ4v) is 3.19. The minimum atomic E-state index is -0.405. The second kappa shape index (κ2) is 8.36. The van der Waals surface area contributed by atoms with Crippen molar-refractivity contribution < 1.29 is 4.79 Å². The Labute approximate surface area is 183 Å². The van der Waals surface area contributed by atoms with E-state index >= 15 is 0 Å². The summed E-state index contributed by atoms with van der Waals surface area (Å²) in [7, 11) is 0. The van der Waals surface area contributed by atoms with Gasteiger partial charge in [-0.15, -0.1) is 5.10 Å². The van der Waals surface area contributed by atoms with E-state index in [1.807, 2.05) is 12.3 Å². The van der Waals surface area contributed by atoms with Crippen molar-refractivity contribution in [2.75, 3.05) is 5.32 Å². The monoisotopic (exact) mass is 494 g/mol. The number of rotatable bonds is 6. The number of nitrogens with one attached hydrogen (secondary N) is 1. The van der Waals surface area contributed by atoms with Crippen molar-refractivity contribution >= 4 is 51.0 Å². The maximum absolute atomic E-state index is 12.4. The van der Waals surface area contributed by atoms with E-state index < -0.39 is 5.91 Å². The molecule has 0 atom stereocenters. The number of carbonyl (C=O) groups excluding carboxylic acids is 1. The van der Waals surface area contributed by atoms with Crippen LogP contribution in [0.3, 0.4) is 0 Å². The molecule has 3 aromatic heterocycles. The molecule has 9 nitrogen and oxygen atoms in total. The van der Waals surface area contributed by atoms with Crippen molar-refractivity contribution in [2.45, 2.75) is 13.2 Å². The molecule has 0 fully saturated rings. The molecule has 0 bridgehead atoms. The predicted octanol–water partition coefficient (Wildman–Crippen LogP) is 3.55. The first-order valence-corrected chi connectivity index (χ1v) is 9.87. The van der Waals surface area contributed by atoms with Crippen molar-refractivity contribution in [1.29, 1.82) is 0 Å². The average Bonchev–Trinajstić information content (AvgIpc) is 3.41. The van der Waals surface area contributed by atoms with E-state index in [9.17, 15) is 4.79 Å². The zero-order valence-corrected chi connectivity index (χ0v) is 17.8. The zero-order valence-electron chi connectivity index (χ0n) is 14.7. The number of halogens is 3. The van der Waals surface area contributed by atoms with Crippen molar-refractivity contribution in [3.8, 4) is 0 Å². The molecular weight excluding hydrogens is 483 g/mol. The maximum atomic E-state index is 12.4. The fourth-order valence-electron chi connectivity index (χ4n) is 2.54. The van der Waals surface area contributed by atoms with Crippen LogP contribution >= 0.6 is 39.1 Å². The predicted molar refractivity (Wildman–Crippen MR) is 111 cm³/mol. The topological polar surface area (TPSA) is 95.5 Å². The van der Waals surface area contributed by atoms with E-state index in [1.165, 1.54) is 6.33 Å². The molecule has 1 N–H and O–H groups in total. The highest BCUT2D eigenvalue weighted by atomic mass is 79.9. The van der Waals surface area contributed by atoms with Gasteiger partial charge < -0.3 is 0 Å². The van der Waals surface area contributed by atoms with E-state index in [2.05, 4.69) is 41.5 Å². The first kappa shape index (κ1) is 19.6. The Bertz CT molecular complexity index is 1170. The average molecular weight is 496 g/mol. The molecule has 0 saturated heterocycles. The number of aromatic nitrogens is 7. The number of amides is 1. The number of carbonyl (C=O) groups is 1. The normalized spacial score (nSPS) is 11.0. The molecule has 0 saturated carbocycles. The highest BCUT2D eigenvalue weighted by Gasteiger charge is 2.13. The summed E-state index contributed by atoms with van der Waals surface area (Å²) in [5, 5.41) is 16.2. The summed E-state index contributed by atoms with van der Waals surface area (Å²) in [6, 6.07) is 6.94. The van der Waals surface area contributed by atoms with Gasteiger partial charge in [-0.25, -0.2) is 14.3 Å². The van der Waals surface area contributed by atoms with Gasteiger partial charge >= 0.3 is 0 Å². The first-order valence-electron chi connectivity index (χ1n) is 8.32. The number of benzene rings is 1. The van der Waals surface area contributed by atoms with Crippen molar-refractivity contribution in [1.82, 2.24) is 34.3 Å². The van der Waals surface area contributed by atoms with Crippen molar-refractivity contribution in [3.05, 3.63) is 75.0 Å². The molecule has 29 heavy (non-hydrogen) atoms. The van der Waals surface area contributed by atoms with Gasteiger partial charge in [0.2, 0.25) is 5.95 Å². The van der Waals surface area contributed by atoms with Gasteiger partial charge in [-0.05, 0) is 39.7 Å². The molecule has 4 rings (SSSR count). The van der Waals surface area contributed by atoms with Gasteiger partial charge in [0.1, 0.15) is 13.0 Å². The molecular formula is C17H13BrCl2N8O. The van der Waals surface area contributed by atoms with Gasteiger partial charge in [-0.1, -0.05) is 29.3 Å². The quantitative estimate of drug-likeness (QED) is 0.441. The van der Waals surface area contributed by atoms with Crippen LogP contribution in [0.1, 0.15) is 16.1 Å². The van der Waals surface area contributed by atoms with Gasteiger partial charge in [0.25, 0.3) is 5.91 Å². The fraction of sp³-hybridized carbons (Fsp3) is 0.118. The summed E-state index contributed by atoms with van der Waals surface area (Å²) < 4.78 is 5.74. The van der Waals surface area contributed by atoms with E-state index in [4.69, 9.17) is 23.2 Å². The summed E-state index contributed by atoms with van der Waals surface area (Å²) in [5.41, 5.74) is 1.16. The summed E-state index contributed by atoms with van der Waals surface area (Å²) in [6.45, 7) is 0.823. The lowest BCUT2D eigenvalue weighted by molar-refractivity contribution is 0.102. The van der Waals surface area contributed by atoms with Crippen LogP contribution in [-0.4, -0.2) is 40.2 Å². The van der Waals surface area contributed by atoms with Gasteiger partial charge in [0, 0.05) is 12.4 Å². The highest BCUT2D eigenvalue weighted by molar-refractivity contribution is 9.10. The van der Waals surface area contributed by atoms with E-state index in [0.29, 0.717) is 23.3 Å². The van der Waals surface area contributed by atoms with Crippen LogP contribution < -0.4 is 5.32 Å². The lowest BCUT2D eigenvalue weighted by atomic mass is 10.2. The summed E-state index contributed by atoms with van der Waals surface area (Å²) in [5.74, 6) is -0.224. The molecule has 1 amide bonds.